The maximum Gasteiger partial charge on any atom is 0.248 e. The summed E-state index contributed by atoms with van der Waals surface area (Å²) in [6.45, 7) is 4.72. The molecule has 4 rings (SSSR count). The van der Waals surface area contributed by atoms with E-state index in [0.717, 1.165) is 41.5 Å². The molecule has 0 bridgehead atoms. The van der Waals surface area contributed by atoms with Crippen molar-refractivity contribution in [2.75, 3.05) is 11.9 Å². The van der Waals surface area contributed by atoms with Gasteiger partial charge in [0.2, 0.25) is 5.91 Å². The Balaban J connectivity index is 1.39. The number of nitrogens with one attached hydrogen (secondary N) is 2. The molecule has 3 aromatic heterocycles. The molecule has 168 valence electrons. The van der Waals surface area contributed by atoms with Crippen molar-refractivity contribution in [2.45, 2.75) is 57.6 Å². The monoisotopic (exact) mass is 452 g/mol. The summed E-state index contributed by atoms with van der Waals surface area (Å²) in [7, 11) is 0. The van der Waals surface area contributed by atoms with Gasteiger partial charge in [-0.2, -0.15) is 0 Å². The van der Waals surface area contributed by atoms with Gasteiger partial charge >= 0.3 is 0 Å². The highest BCUT2D eigenvalue weighted by atomic mass is 32.1. The molecule has 1 saturated carbocycles. The van der Waals surface area contributed by atoms with Crippen LogP contribution in [0.15, 0.2) is 36.7 Å². The highest BCUT2D eigenvalue weighted by molar-refractivity contribution is 7.15. The minimum Gasteiger partial charge on any atom is -0.384 e. The Kier molecular flexibility index (Phi) is 6.76. The lowest BCUT2D eigenvalue weighted by atomic mass is 9.65. The molecule has 32 heavy (non-hydrogen) atoms. The van der Waals surface area contributed by atoms with Crippen molar-refractivity contribution in [3.63, 3.8) is 0 Å². The van der Waals surface area contributed by atoms with Crippen LogP contribution in [-0.4, -0.2) is 43.8 Å². The first-order valence-corrected chi connectivity index (χ1v) is 11.8. The lowest BCUT2D eigenvalue weighted by molar-refractivity contribution is -0.128. The van der Waals surface area contributed by atoms with Crippen molar-refractivity contribution in [1.29, 1.82) is 0 Å². The molecule has 3 heterocycles. The molecular formula is C23H28N6O2S. The number of aliphatic hydroxyl groups is 1. The Morgan fingerprint density at radius 3 is 2.75 bits per heavy atom. The number of nitrogens with zero attached hydrogens (tertiary/aromatic N) is 4. The minimum atomic E-state index is -1.03. The summed E-state index contributed by atoms with van der Waals surface area (Å²) in [6, 6.07) is 8.01. The van der Waals surface area contributed by atoms with Crippen molar-refractivity contribution >= 4 is 23.1 Å². The number of hydrogen-bond donors (Lipinski definition) is 3. The number of aromatic nitrogens is 4. The average molecular weight is 453 g/mol. The number of aryl methyl sites for hydroxylation is 1. The van der Waals surface area contributed by atoms with Gasteiger partial charge in [-0.25, -0.2) is 4.98 Å². The molecule has 8 nitrogen and oxygen atoms in total. The van der Waals surface area contributed by atoms with E-state index >= 15 is 0 Å². The number of rotatable bonds is 9. The lowest BCUT2D eigenvalue weighted by Crippen LogP contribution is -2.42. The fourth-order valence-corrected chi connectivity index (χ4v) is 4.75. The first-order valence-electron chi connectivity index (χ1n) is 10.9. The average Bonchev–Trinajstić information content (AvgIpc) is 3.26. The summed E-state index contributed by atoms with van der Waals surface area (Å²) in [4.78, 5) is 21.5. The molecule has 1 aliphatic rings. The summed E-state index contributed by atoms with van der Waals surface area (Å²) in [5.74, 6) is 0.325. The van der Waals surface area contributed by atoms with Gasteiger partial charge < -0.3 is 15.7 Å². The summed E-state index contributed by atoms with van der Waals surface area (Å²) in [5.41, 5.74) is 3.28. The molecule has 0 unspecified atom stereocenters. The molecule has 0 radical (unpaired) electrons. The van der Waals surface area contributed by atoms with Crippen molar-refractivity contribution in [3.05, 3.63) is 52.8 Å². The van der Waals surface area contributed by atoms with E-state index < -0.39 is 12.0 Å². The van der Waals surface area contributed by atoms with E-state index in [1.165, 1.54) is 35.9 Å². The van der Waals surface area contributed by atoms with Crippen LogP contribution in [0, 0.1) is 0 Å². The Morgan fingerprint density at radius 2 is 2.09 bits per heavy atom. The SMILES string of the molecule is CCc1cccnc1C1(CNc2ccc(-c3ncc(CNC(=O)[C@H](C)O)s3)nn2)CCC1. The van der Waals surface area contributed by atoms with Crippen LogP contribution in [0.5, 0.6) is 0 Å². The van der Waals surface area contributed by atoms with E-state index in [0.29, 0.717) is 12.2 Å². The molecule has 9 heteroatoms. The number of anilines is 1. The molecule has 1 fully saturated rings. The third-order valence-corrected chi connectivity index (χ3v) is 6.97. The van der Waals surface area contributed by atoms with Crippen LogP contribution in [0.2, 0.25) is 0 Å². The van der Waals surface area contributed by atoms with Crippen LogP contribution in [0.1, 0.15) is 49.2 Å². The highest BCUT2D eigenvalue weighted by Gasteiger charge is 2.41. The number of carbonyl (C=O) groups is 1. The summed E-state index contributed by atoms with van der Waals surface area (Å²) in [6.07, 6.45) is 7.02. The van der Waals surface area contributed by atoms with Gasteiger partial charge in [0.1, 0.15) is 22.6 Å². The van der Waals surface area contributed by atoms with Gasteiger partial charge in [0.15, 0.2) is 0 Å². The highest BCUT2D eigenvalue weighted by Crippen LogP contribution is 2.44. The van der Waals surface area contributed by atoms with Gasteiger partial charge in [-0.05, 0) is 49.9 Å². The predicted octanol–water partition coefficient (Wildman–Crippen LogP) is 3.09. The third kappa shape index (κ3) is 4.78. The zero-order valence-electron chi connectivity index (χ0n) is 18.3. The van der Waals surface area contributed by atoms with E-state index in [9.17, 15) is 9.90 Å². The zero-order valence-corrected chi connectivity index (χ0v) is 19.2. The normalized spacial score (nSPS) is 15.6. The molecule has 3 aromatic rings. The summed E-state index contributed by atoms with van der Waals surface area (Å²) in [5, 5.41) is 24.8. The first-order chi connectivity index (χ1) is 15.5. The van der Waals surface area contributed by atoms with Crippen molar-refractivity contribution in [1.82, 2.24) is 25.5 Å². The summed E-state index contributed by atoms with van der Waals surface area (Å²) < 4.78 is 0. The van der Waals surface area contributed by atoms with E-state index in [1.807, 2.05) is 24.4 Å². The molecule has 0 saturated heterocycles. The minimum absolute atomic E-state index is 0.0632. The largest absolute Gasteiger partial charge is 0.384 e. The van der Waals surface area contributed by atoms with Crippen LogP contribution in [0.3, 0.4) is 0 Å². The Hall–Kier alpha value is -2.91. The molecule has 0 spiro atoms. The fraction of sp³-hybridized carbons (Fsp3) is 0.435. The van der Waals surface area contributed by atoms with E-state index in [1.54, 1.807) is 6.20 Å². The van der Waals surface area contributed by atoms with Crippen molar-refractivity contribution in [3.8, 4) is 10.7 Å². The second-order valence-corrected chi connectivity index (χ2v) is 9.30. The van der Waals surface area contributed by atoms with Gasteiger partial charge in [-0.15, -0.1) is 21.5 Å². The summed E-state index contributed by atoms with van der Waals surface area (Å²) >= 11 is 1.44. The van der Waals surface area contributed by atoms with Crippen LogP contribution < -0.4 is 10.6 Å². The van der Waals surface area contributed by atoms with Crippen LogP contribution in [0.25, 0.3) is 10.7 Å². The molecular weight excluding hydrogens is 424 g/mol. The number of carbonyl (C=O) groups excluding carboxylic acids is 1. The number of thiazole rings is 1. The van der Waals surface area contributed by atoms with Gasteiger partial charge in [0.05, 0.1) is 12.2 Å². The van der Waals surface area contributed by atoms with Crippen LogP contribution >= 0.6 is 11.3 Å². The molecule has 0 aliphatic heterocycles. The van der Waals surface area contributed by atoms with Gasteiger partial charge in [-0.1, -0.05) is 19.4 Å². The smallest absolute Gasteiger partial charge is 0.248 e. The number of amides is 1. The molecule has 1 amide bonds. The number of aliphatic hydroxyl groups excluding tert-OH is 1. The van der Waals surface area contributed by atoms with Crippen LogP contribution in [-0.2, 0) is 23.2 Å². The van der Waals surface area contributed by atoms with Crippen molar-refractivity contribution in [2.24, 2.45) is 0 Å². The topological polar surface area (TPSA) is 113 Å². The first kappa shape index (κ1) is 22.3. The predicted molar refractivity (Wildman–Crippen MR) is 124 cm³/mol. The maximum absolute atomic E-state index is 11.5. The fourth-order valence-electron chi connectivity index (χ4n) is 3.93. The zero-order chi connectivity index (χ0) is 22.6. The van der Waals surface area contributed by atoms with E-state index in [-0.39, 0.29) is 5.41 Å². The second-order valence-electron chi connectivity index (χ2n) is 8.18. The maximum atomic E-state index is 11.5. The molecule has 0 aromatic carbocycles. The van der Waals surface area contributed by atoms with E-state index in [2.05, 4.69) is 38.8 Å². The van der Waals surface area contributed by atoms with Crippen molar-refractivity contribution < 1.29 is 9.90 Å². The van der Waals surface area contributed by atoms with Gasteiger partial charge in [-0.3, -0.25) is 9.78 Å². The van der Waals surface area contributed by atoms with Gasteiger partial charge in [0.25, 0.3) is 0 Å². The standard InChI is InChI=1S/C23H28N6O2S/c1-3-16-6-4-11-24-20(16)23(9-5-10-23)14-27-19-8-7-18(28-29-19)22-26-13-17(32-22)12-25-21(31)15(2)30/h4,6-8,11,13,15,30H,3,5,9-10,12,14H2,1-2H3,(H,25,31)(H,27,29)/t15-/m0/s1. The Labute approximate surface area is 191 Å². The number of hydrogen-bond acceptors (Lipinski definition) is 8. The third-order valence-electron chi connectivity index (χ3n) is 5.95. The molecule has 3 N–H and O–H groups in total. The quantitative estimate of drug-likeness (QED) is 0.457. The molecule has 1 aliphatic carbocycles. The lowest BCUT2D eigenvalue weighted by Gasteiger charge is -2.42. The Morgan fingerprint density at radius 1 is 1.25 bits per heavy atom. The number of pyridine rings is 1. The van der Waals surface area contributed by atoms with Crippen LogP contribution in [0.4, 0.5) is 5.82 Å². The second kappa shape index (κ2) is 9.70. The van der Waals surface area contributed by atoms with E-state index in [4.69, 9.17) is 4.98 Å². The molecule has 1 atom stereocenters. The Bertz CT molecular complexity index is 1060. The van der Waals surface area contributed by atoms with Gasteiger partial charge in [0, 0.05) is 29.2 Å².